The molecule has 2 N–H and O–H groups in total. The quantitative estimate of drug-likeness (QED) is 0.707. The largest absolute Gasteiger partial charge is 0.398 e. The molecule has 3 aromatic rings. The highest BCUT2D eigenvalue weighted by molar-refractivity contribution is 6.42. The number of aromatic nitrogens is 2. The average Bonchev–Trinajstić information content (AvgIpc) is 3.02. The van der Waals surface area contributed by atoms with E-state index >= 15 is 0 Å². The fourth-order valence-electron chi connectivity index (χ4n) is 3.57. The van der Waals surface area contributed by atoms with Crippen LogP contribution in [0.15, 0.2) is 36.5 Å². The van der Waals surface area contributed by atoms with E-state index in [1.54, 1.807) is 13.0 Å². The number of amides is 1. The van der Waals surface area contributed by atoms with Crippen LogP contribution < -0.4 is 5.73 Å². The molecular formula is C20H21Cl2N5O. The van der Waals surface area contributed by atoms with E-state index in [4.69, 9.17) is 33.9 Å². The van der Waals surface area contributed by atoms with Crippen molar-refractivity contribution in [1.29, 1.82) is 0 Å². The Labute approximate surface area is 173 Å². The van der Waals surface area contributed by atoms with Crippen LogP contribution in [0.1, 0.15) is 12.6 Å². The second-order valence-electron chi connectivity index (χ2n) is 7.01. The zero-order chi connectivity index (χ0) is 19.8. The number of carbonyl (C=O) groups is 1. The highest BCUT2D eigenvalue weighted by atomic mass is 35.5. The molecule has 0 atom stereocenters. The Morgan fingerprint density at radius 3 is 2.54 bits per heavy atom. The molecule has 1 amide bonds. The van der Waals surface area contributed by atoms with Gasteiger partial charge in [-0.2, -0.15) is 0 Å². The first-order chi connectivity index (χ1) is 13.4. The van der Waals surface area contributed by atoms with Crippen molar-refractivity contribution in [3.63, 3.8) is 0 Å². The van der Waals surface area contributed by atoms with Crippen molar-refractivity contribution in [2.45, 2.75) is 13.5 Å². The van der Waals surface area contributed by atoms with Gasteiger partial charge in [0.05, 0.1) is 21.4 Å². The molecule has 146 valence electrons. The van der Waals surface area contributed by atoms with Gasteiger partial charge in [-0.05, 0) is 24.3 Å². The minimum atomic E-state index is 0.124. The second-order valence-corrected chi connectivity index (χ2v) is 7.82. The molecule has 0 unspecified atom stereocenters. The van der Waals surface area contributed by atoms with Gasteiger partial charge in [0.15, 0.2) is 0 Å². The van der Waals surface area contributed by atoms with Crippen molar-refractivity contribution < 1.29 is 4.79 Å². The van der Waals surface area contributed by atoms with Gasteiger partial charge < -0.3 is 15.0 Å². The second kappa shape index (κ2) is 7.62. The Kier molecular flexibility index (Phi) is 5.19. The molecular weight excluding hydrogens is 397 g/mol. The molecule has 0 bridgehead atoms. The predicted octanol–water partition coefficient (Wildman–Crippen LogP) is 3.55. The molecule has 0 radical (unpaired) electrons. The first kappa shape index (κ1) is 19.1. The molecule has 2 aromatic heterocycles. The number of fused-ring (bicyclic) bond motifs is 1. The van der Waals surface area contributed by atoms with Crippen molar-refractivity contribution in [2.24, 2.45) is 0 Å². The summed E-state index contributed by atoms with van der Waals surface area (Å²) in [5, 5.41) is 1.01. The highest BCUT2D eigenvalue weighted by Gasteiger charge is 2.22. The molecule has 0 saturated carbocycles. The van der Waals surface area contributed by atoms with Crippen molar-refractivity contribution in [3.8, 4) is 11.3 Å². The molecule has 28 heavy (non-hydrogen) atoms. The zero-order valence-corrected chi connectivity index (χ0v) is 17.0. The molecule has 0 aliphatic carbocycles. The van der Waals surface area contributed by atoms with Gasteiger partial charge in [-0.3, -0.25) is 9.69 Å². The lowest BCUT2D eigenvalue weighted by molar-refractivity contribution is -0.130. The number of benzene rings is 1. The maximum absolute atomic E-state index is 11.6. The fourth-order valence-corrected chi connectivity index (χ4v) is 3.87. The maximum atomic E-state index is 11.6. The summed E-state index contributed by atoms with van der Waals surface area (Å²) < 4.78 is 2.03. The lowest BCUT2D eigenvalue weighted by Gasteiger charge is -2.34. The van der Waals surface area contributed by atoms with Gasteiger partial charge in [0.25, 0.3) is 0 Å². The van der Waals surface area contributed by atoms with Crippen LogP contribution in [0.3, 0.4) is 0 Å². The van der Waals surface area contributed by atoms with Gasteiger partial charge in [0, 0.05) is 57.1 Å². The van der Waals surface area contributed by atoms with Crippen LogP contribution in [0.4, 0.5) is 5.69 Å². The topological polar surface area (TPSA) is 66.9 Å². The van der Waals surface area contributed by atoms with E-state index in [2.05, 4.69) is 4.90 Å². The fraction of sp³-hybridized carbons (Fsp3) is 0.300. The van der Waals surface area contributed by atoms with Crippen LogP contribution in [-0.2, 0) is 11.3 Å². The van der Waals surface area contributed by atoms with Crippen LogP contribution in [0, 0.1) is 0 Å². The number of imidazole rings is 1. The Hall–Kier alpha value is -2.28. The molecule has 1 aliphatic heterocycles. The summed E-state index contributed by atoms with van der Waals surface area (Å²) in [7, 11) is 0. The molecule has 3 heterocycles. The van der Waals surface area contributed by atoms with E-state index in [0.717, 1.165) is 48.8 Å². The van der Waals surface area contributed by atoms with Gasteiger partial charge in [-0.25, -0.2) is 4.98 Å². The van der Waals surface area contributed by atoms with E-state index in [1.807, 2.05) is 39.8 Å². The van der Waals surface area contributed by atoms with Crippen LogP contribution in [0.2, 0.25) is 10.0 Å². The third-order valence-corrected chi connectivity index (χ3v) is 5.86. The number of rotatable bonds is 3. The van der Waals surface area contributed by atoms with E-state index in [-0.39, 0.29) is 5.91 Å². The highest BCUT2D eigenvalue weighted by Crippen LogP contribution is 2.31. The lowest BCUT2D eigenvalue weighted by atomic mass is 10.1. The number of nitrogen functional groups attached to an aromatic ring is 1. The third kappa shape index (κ3) is 3.68. The van der Waals surface area contributed by atoms with Gasteiger partial charge in [0.1, 0.15) is 5.65 Å². The summed E-state index contributed by atoms with van der Waals surface area (Å²) in [4.78, 5) is 20.6. The Bertz CT molecular complexity index is 1040. The minimum Gasteiger partial charge on any atom is -0.398 e. The van der Waals surface area contributed by atoms with E-state index < -0.39 is 0 Å². The zero-order valence-electron chi connectivity index (χ0n) is 15.5. The van der Waals surface area contributed by atoms with Crippen molar-refractivity contribution in [3.05, 3.63) is 52.3 Å². The van der Waals surface area contributed by atoms with Crippen LogP contribution in [0.25, 0.3) is 16.9 Å². The number of halogens is 2. The van der Waals surface area contributed by atoms with E-state index in [0.29, 0.717) is 22.3 Å². The summed E-state index contributed by atoms with van der Waals surface area (Å²) >= 11 is 12.3. The van der Waals surface area contributed by atoms with Crippen LogP contribution in [-0.4, -0.2) is 51.3 Å². The van der Waals surface area contributed by atoms with Gasteiger partial charge in [-0.15, -0.1) is 0 Å². The first-order valence-corrected chi connectivity index (χ1v) is 9.88. The smallest absolute Gasteiger partial charge is 0.219 e. The molecule has 6 nitrogen and oxygen atoms in total. The number of hydrogen-bond donors (Lipinski definition) is 1. The molecule has 8 heteroatoms. The summed E-state index contributed by atoms with van der Waals surface area (Å²) in [6, 6.07) is 9.31. The molecule has 4 rings (SSSR count). The van der Waals surface area contributed by atoms with Crippen LogP contribution in [0.5, 0.6) is 0 Å². The van der Waals surface area contributed by atoms with Crippen molar-refractivity contribution in [2.75, 3.05) is 31.9 Å². The summed E-state index contributed by atoms with van der Waals surface area (Å²) in [6.07, 6.45) is 1.89. The number of hydrogen-bond acceptors (Lipinski definition) is 4. The standard InChI is InChI=1S/C20H21Cl2N5O/c1-13(28)26-8-6-25(7-9-26)12-18-20(14-2-4-16(21)17(22)10-14)24-19-5-3-15(23)11-27(18)19/h2-5,10-11H,6-9,12,23H2,1H3. The molecule has 1 saturated heterocycles. The monoisotopic (exact) mass is 417 g/mol. The van der Waals surface area contributed by atoms with Gasteiger partial charge in [-0.1, -0.05) is 29.3 Å². The number of carbonyl (C=O) groups excluding carboxylic acids is 1. The molecule has 0 spiro atoms. The number of pyridine rings is 1. The minimum absolute atomic E-state index is 0.124. The van der Waals surface area contributed by atoms with Gasteiger partial charge >= 0.3 is 0 Å². The van der Waals surface area contributed by atoms with E-state index in [1.165, 1.54) is 0 Å². The lowest BCUT2D eigenvalue weighted by Crippen LogP contribution is -2.47. The number of anilines is 1. The number of piperazine rings is 1. The van der Waals surface area contributed by atoms with Crippen molar-refractivity contribution in [1.82, 2.24) is 19.2 Å². The number of nitrogens with two attached hydrogens (primary N) is 1. The predicted molar refractivity (Wildman–Crippen MR) is 113 cm³/mol. The summed E-state index contributed by atoms with van der Waals surface area (Å²) in [5.74, 6) is 0.124. The van der Waals surface area contributed by atoms with Crippen molar-refractivity contribution >= 4 is 40.4 Å². The van der Waals surface area contributed by atoms with Gasteiger partial charge in [0.2, 0.25) is 5.91 Å². The maximum Gasteiger partial charge on any atom is 0.219 e. The summed E-state index contributed by atoms with van der Waals surface area (Å²) in [6.45, 7) is 5.41. The third-order valence-electron chi connectivity index (χ3n) is 5.12. The Morgan fingerprint density at radius 1 is 1.11 bits per heavy atom. The molecule has 1 aliphatic rings. The first-order valence-electron chi connectivity index (χ1n) is 9.12. The summed E-state index contributed by atoms with van der Waals surface area (Å²) in [5.41, 5.74) is 10.3. The SMILES string of the molecule is CC(=O)N1CCN(Cc2c(-c3ccc(Cl)c(Cl)c3)nc3ccc(N)cn23)CC1. The molecule has 1 fully saturated rings. The van der Waals surface area contributed by atoms with Crippen LogP contribution >= 0.6 is 23.2 Å². The Morgan fingerprint density at radius 2 is 1.86 bits per heavy atom. The molecule has 1 aromatic carbocycles. The number of nitrogens with zero attached hydrogens (tertiary/aromatic N) is 4. The van der Waals surface area contributed by atoms with E-state index in [9.17, 15) is 4.79 Å². The Balaban J connectivity index is 1.72. The average molecular weight is 418 g/mol. The normalized spacial score (nSPS) is 15.3.